The molecule has 2 N–H and O–H groups in total. The van der Waals surface area contributed by atoms with E-state index in [0.29, 0.717) is 0 Å². The standard InChI is InChI=1S/C9H15N3S/c10-6-9(4-2-1-3-5-9)8-11-7-12-13-8/h7H,1-6,10H2. The molecule has 0 atom stereocenters. The molecule has 1 saturated carbocycles. The van der Waals surface area contributed by atoms with Crippen molar-refractivity contribution in [2.45, 2.75) is 37.5 Å². The Balaban J connectivity index is 2.23. The molecular weight excluding hydrogens is 182 g/mol. The molecule has 2 rings (SSSR count). The second-order valence-corrected chi connectivity index (χ2v) is 4.57. The molecule has 3 nitrogen and oxygen atoms in total. The van der Waals surface area contributed by atoms with Crippen molar-refractivity contribution in [3.63, 3.8) is 0 Å². The maximum Gasteiger partial charge on any atom is 0.129 e. The SMILES string of the molecule is NCC1(c2ncns2)CCCCC1. The quantitative estimate of drug-likeness (QED) is 0.785. The van der Waals surface area contributed by atoms with E-state index in [0.717, 1.165) is 11.6 Å². The van der Waals surface area contributed by atoms with Crippen LogP contribution in [0.25, 0.3) is 0 Å². The molecule has 0 aromatic carbocycles. The van der Waals surface area contributed by atoms with Gasteiger partial charge in [-0.3, -0.25) is 0 Å². The molecule has 0 spiro atoms. The highest BCUT2D eigenvalue weighted by Crippen LogP contribution is 2.38. The van der Waals surface area contributed by atoms with Crippen molar-refractivity contribution in [3.05, 3.63) is 11.3 Å². The van der Waals surface area contributed by atoms with E-state index in [1.807, 2.05) is 0 Å². The van der Waals surface area contributed by atoms with Crippen LogP contribution in [0.4, 0.5) is 0 Å². The zero-order chi connectivity index (χ0) is 9.15. The van der Waals surface area contributed by atoms with Crippen LogP contribution in [-0.2, 0) is 5.41 Å². The summed E-state index contributed by atoms with van der Waals surface area (Å²) in [7, 11) is 0. The predicted molar refractivity (Wildman–Crippen MR) is 53.7 cm³/mol. The van der Waals surface area contributed by atoms with E-state index in [4.69, 9.17) is 5.73 Å². The fourth-order valence-corrected chi connectivity index (χ4v) is 2.91. The summed E-state index contributed by atoms with van der Waals surface area (Å²) in [6.07, 6.45) is 7.96. The zero-order valence-corrected chi connectivity index (χ0v) is 8.52. The monoisotopic (exact) mass is 197 g/mol. The predicted octanol–water partition coefficient (Wildman–Crippen LogP) is 1.70. The average molecular weight is 197 g/mol. The summed E-state index contributed by atoms with van der Waals surface area (Å²) >= 11 is 1.51. The van der Waals surface area contributed by atoms with Crippen LogP contribution in [0.15, 0.2) is 6.33 Å². The molecule has 1 fully saturated rings. The van der Waals surface area contributed by atoms with Crippen molar-refractivity contribution >= 4 is 11.5 Å². The number of hydrogen-bond acceptors (Lipinski definition) is 4. The second kappa shape index (κ2) is 3.72. The third-order valence-corrected chi connectivity index (χ3v) is 3.93. The molecule has 0 amide bonds. The molecule has 72 valence electrons. The molecular formula is C9H15N3S. The lowest BCUT2D eigenvalue weighted by Gasteiger charge is -2.33. The van der Waals surface area contributed by atoms with Crippen LogP contribution in [0.5, 0.6) is 0 Å². The molecule has 13 heavy (non-hydrogen) atoms. The van der Waals surface area contributed by atoms with Crippen molar-refractivity contribution in [1.29, 1.82) is 0 Å². The largest absolute Gasteiger partial charge is 0.329 e. The van der Waals surface area contributed by atoms with Crippen molar-refractivity contribution in [2.24, 2.45) is 5.73 Å². The third kappa shape index (κ3) is 1.60. The fourth-order valence-electron chi connectivity index (χ4n) is 2.14. The van der Waals surface area contributed by atoms with Crippen LogP contribution in [0.2, 0.25) is 0 Å². The highest BCUT2D eigenvalue weighted by molar-refractivity contribution is 7.05. The first-order valence-electron chi connectivity index (χ1n) is 4.85. The Kier molecular flexibility index (Phi) is 2.60. The summed E-state index contributed by atoms with van der Waals surface area (Å²) < 4.78 is 4.07. The Hall–Kier alpha value is -0.480. The summed E-state index contributed by atoms with van der Waals surface area (Å²) in [6.45, 7) is 0.724. The molecule has 0 radical (unpaired) electrons. The molecule has 1 aromatic heterocycles. The molecule has 0 aliphatic heterocycles. The zero-order valence-electron chi connectivity index (χ0n) is 7.70. The maximum absolute atomic E-state index is 5.87. The van der Waals surface area contributed by atoms with Gasteiger partial charge in [-0.05, 0) is 24.4 Å². The number of hydrogen-bond donors (Lipinski definition) is 1. The van der Waals surface area contributed by atoms with Gasteiger partial charge in [0.2, 0.25) is 0 Å². The van der Waals surface area contributed by atoms with Crippen LogP contribution in [-0.4, -0.2) is 15.9 Å². The van der Waals surface area contributed by atoms with Gasteiger partial charge in [-0.1, -0.05) is 19.3 Å². The number of nitrogens with two attached hydrogens (primary N) is 1. The normalized spacial score (nSPS) is 21.6. The van der Waals surface area contributed by atoms with Gasteiger partial charge in [0.25, 0.3) is 0 Å². The van der Waals surface area contributed by atoms with E-state index in [-0.39, 0.29) is 5.41 Å². The topological polar surface area (TPSA) is 51.8 Å². The lowest BCUT2D eigenvalue weighted by molar-refractivity contribution is 0.300. The Morgan fingerprint density at radius 2 is 2.15 bits per heavy atom. The first kappa shape index (κ1) is 9.09. The maximum atomic E-state index is 5.87. The van der Waals surface area contributed by atoms with Crippen LogP contribution in [0.3, 0.4) is 0 Å². The summed E-state index contributed by atoms with van der Waals surface area (Å²) in [4.78, 5) is 4.31. The molecule has 0 bridgehead atoms. The van der Waals surface area contributed by atoms with Gasteiger partial charge < -0.3 is 5.73 Å². The van der Waals surface area contributed by atoms with Gasteiger partial charge in [0.1, 0.15) is 11.3 Å². The summed E-state index contributed by atoms with van der Waals surface area (Å²) in [6, 6.07) is 0. The first-order valence-corrected chi connectivity index (χ1v) is 5.62. The van der Waals surface area contributed by atoms with E-state index in [1.54, 1.807) is 6.33 Å². The lowest BCUT2D eigenvalue weighted by atomic mass is 9.74. The highest BCUT2D eigenvalue weighted by Gasteiger charge is 2.35. The van der Waals surface area contributed by atoms with Gasteiger partial charge >= 0.3 is 0 Å². The summed E-state index contributed by atoms with van der Waals surface area (Å²) in [5, 5.41) is 1.15. The Morgan fingerprint density at radius 1 is 1.38 bits per heavy atom. The number of nitrogens with zero attached hydrogens (tertiary/aromatic N) is 2. The van der Waals surface area contributed by atoms with E-state index in [2.05, 4.69) is 9.36 Å². The van der Waals surface area contributed by atoms with E-state index >= 15 is 0 Å². The number of rotatable bonds is 2. The molecule has 4 heteroatoms. The Labute approximate surface area is 82.5 Å². The molecule has 1 aliphatic carbocycles. The van der Waals surface area contributed by atoms with E-state index < -0.39 is 0 Å². The molecule has 1 heterocycles. The lowest BCUT2D eigenvalue weighted by Crippen LogP contribution is -2.36. The van der Waals surface area contributed by atoms with Gasteiger partial charge in [0.05, 0.1) is 0 Å². The Bertz CT molecular complexity index is 252. The summed E-state index contributed by atoms with van der Waals surface area (Å²) in [5.41, 5.74) is 6.03. The molecule has 0 unspecified atom stereocenters. The van der Waals surface area contributed by atoms with Gasteiger partial charge in [-0.15, -0.1) is 0 Å². The van der Waals surface area contributed by atoms with Gasteiger partial charge in [-0.2, -0.15) is 4.37 Å². The van der Waals surface area contributed by atoms with Crippen molar-refractivity contribution in [2.75, 3.05) is 6.54 Å². The van der Waals surface area contributed by atoms with Crippen molar-refractivity contribution in [1.82, 2.24) is 9.36 Å². The van der Waals surface area contributed by atoms with Crippen molar-refractivity contribution in [3.8, 4) is 0 Å². The molecule has 0 saturated heterocycles. The van der Waals surface area contributed by atoms with E-state index in [1.165, 1.54) is 43.6 Å². The Morgan fingerprint density at radius 3 is 2.69 bits per heavy atom. The summed E-state index contributed by atoms with van der Waals surface area (Å²) in [5.74, 6) is 0. The fraction of sp³-hybridized carbons (Fsp3) is 0.778. The van der Waals surface area contributed by atoms with Crippen LogP contribution in [0, 0.1) is 0 Å². The minimum Gasteiger partial charge on any atom is -0.329 e. The highest BCUT2D eigenvalue weighted by atomic mass is 32.1. The van der Waals surface area contributed by atoms with Gasteiger partial charge in [0.15, 0.2) is 0 Å². The molecule has 1 aromatic rings. The van der Waals surface area contributed by atoms with Crippen LogP contribution < -0.4 is 5.73 Å². The third-order valence-electron chi connectivity index (χ3n) is 3.02. The van der Waals surface area contributed by atoms with Crippen LogP contribution >= 0.6 is 11.5 Å². The smallest absolute Gasteiger partial charge is 0.129 e. The second-order valence-electron chi connectivity index (χ2n) is 3.79. The van der Waals surface area contributed by atoms with Gasteiger partial charge in [0, 0.05) is 12.0 Å². The van der Waals surface area contributed by atoms with E-state index in [9.17, 15) is 0 Å². The number of aromatic nitrogens is 2. The first-order chi connectivity index (χ1) is 6.37. The van der Waals surface area contributed by atoms with Gasteiger partial charge in [-0.25, -0.2) is 4.98 Å². The molecule has 1 aliphatic rings. The van der Waals surface area contributed by atoms with Crippen LogP contribution in [0.1, 0.15) is 37.1 Å². The van der Waals surface area contributed by atoms with Crippen molar-refractivity contribution < 1.29 is 0 Å². The average Bonchev–Trinajstić information content (AvgIpc) is 2.72. The minimum absolute atomic E-state index is 0.166. The minimum atomic E-state index is 0.166.